The molecule has 1 aliphatic carbocycles. The number of rotatable bonds is 3. The van der Waals surface area contributed by atoms with Gasteiger partial charge in [-0.2, -0.15) is 0 Å². The van der Waals surface area contributed by atoms with Gasteiger partial charge in [0.15, 0.2) is 0 Å². The largest absolute Gasteiger partial charge is 0.368 e. The van der Waals surface area contributed by atoms with Crippen LogP contribution in [0.2, 0.25) is 0 Å². The van der Waals surface area contributed by atoms with E-state index in [2.05, 4.69) is 36.1 Å². The summed E-state index contributed by atoms with van der Waals surface area (Å²) < 4.78 is 0. The first-order chi connectivity index (χ1) is 8.18. The zero-order valence-electron chi connectivity index (χ0n) is 10.7. The molecule has 1 fully saturated rings. The Balaban J connectivity index is 1.70. The van der Waals surface area contributed by atoms with E-state index in [0.29, 0.717) is 6.04 Å². The third-order valence-electron chi connectivity index (χ3n) is 4.55. The summed E-state index contributed by atoms with van der Waals surface area (Å²) in [6, 6.07) is 9.43. The summed E-state index contributed by atoms with van der Waals surface area (Å²) >= 11 is 0. The summed E-state index contributed by atoms with van der Waals surface area (Å²) in [5.41, 5.74) is 9.40. The summed E-state index contributed by atoms with van der Waals surface area (Å²) in [5, 5.41) is 0. The molecule has 1 saturated carbocycles. The number of nitrogens with two attached hydrogens (primary N) is 1. The SMILES string of the molecule is CC1Cc2ccccc2N1CCC1(N)CCC1. The lowest BCUT2D eigenvalue weighted by Gasteiger charge is -2.40. The van der Waals surface area contributed by atoms with E-state index in [-0.39, 0.29) is 5.54 Å². The van der Waals surface area contributed by atoms with Crippen LogP contribution in [-0.4, -0.2) is 18.1 Å². The Morgan fingerprint density at radius 3 is 2.82 bits per heavy atom. The van der Waals surface area contributed by atoms with Crippen molar-refractivity contribution in [2.24, 2.45) is 5.73 Å². The zero-order chi connectivity index (χ0) is 11.9. The number of anilines is 1. The second-order valence-corrected chi connectivity index (χ2v) is 5.84. The third kappa shape index (κ3) is 1.95. The topological polar surface area (TPSA) is 29.3 Å². The Morgan fingerprint density at radius 1 is 1.35 bits per heavy atom. The van der Waals surface area contributed by atoms with Crippen LogP contribution in [0.5, 0.6) is 0 Å². The molecule has 1 heterocycles. The zero-order valence-corrected chi connectivity index (χ0v) is 10.7. The van der Waals surface area contributed by atoms with E-state index < -0.39 is 0 Å². The standard InChI is InChI=1S/C15H22N2/c1-12-11-13-5-2-3-6-14(13)17(12)10-9-15(16)7-4-8-15/h2-3,5-6,12H,4,7-11,16H2,1H3. The molecule has 2 N–H and O–H groups in total. The lowest BCUT2D eigenvalue weighted by Crippen LogP contribution is -2.49. The molecule has 1 atom stereocenters. The van der Waals surface area contributed by atoms with Crippen molar-refractivity contribution < 1.29 is 0 Å². The van der Waals surface area contributed by atoms with Gasteiger partial charge >= 0.3 is 0 Å². The quantitative estimate of drug-likeness (QED) is 0.865. The molecule has 1 aliphatic heterocycles. The van der Waals surface area contributed by atoms with Crippen LogP contribution in [-0.2, 0) is 6.42 Å². The van der Waals surface area contributed by atoms with Crippen molar-refractivity contribution in [3.63, 3.8) is 0 Å². The van der Waals surface area contributed by atoms with Crippen LogP contribution in [0.15, 0.2) is 24.3 Å². The fourth-order valence-corrected chi connectivity index (χ4v) is 3.19. The van der Waals surface area contributed by atoms with Crippen LogP contribution in [0.25, 0.3) is 0 Å². The van der Waals surface area contributed by atoms with E-state index in [1.54, 1.807) is 0 Å². The number of para-hydroxylation sites is 1. The van der Waals surface area contributed by atoms with Gasteiger partial charge in [0.05, 0.1) is 0 Å². The minimum absolute atomic E-state index is 0.150. The summed E-state index contributed by atoms with van der Waals surface area (Å²) in [6.45, 7) is 3.44. The van der Waals surface area contributed by atoms with Gasteiger partial charge in [0.25, 0.3) is 0 Å². The van der Waals surface area contributed by atoms with Gasteiger partial charge in [-0.05, 0) is 50.7 Å². The highest BCUT2D eigenvalue weighted by atomic mass is 15.2. The Morgan fingerprint density at radius 2 is 2.12 bits per heavy atom. The Labute approximate surface area is 104 Å². The second kappa shape index (κ2) is 4.02. The molecule has 1 aromatic carbocycles. The molecule has 2 heteroatoms. The highest BCUT2D eigenvalue weighted by Crippen LogP contribution is 2.36. The molecule has 17 heavy (non-hydrogen) atoms. The average Bonchev–Trinajstić information content (AvgIpc) is 2.60. The molecule has 92 valence electrons. The first kappa shape index (κ1) is 11.1. The number of hydrogen-bond acceptors (Lipinski definition) is 2. The van der Waals surface area contributed by atoms with E-state index in [1.807, 2.05) is 0 Å². The van der Waals surface area contributed by atoms with Gasteiger partial charge in [0.2, 0.25) is 0 Å². The number of hydrogen-bond donors (Lipinski definition) is 1. The Bertz CT molecular complexity index is 409. The van der Waals surface area contributed by atoms with Crippen LogP contribution in [0.1, 0.15) is 38.2 Å². The maximum absolute atomic E-state index is 6.32. The highest BCUT2D eigenvalue weighted by molar-refractivity contribution is 5.59. The predicted molar refractivity (Wildman–Crippen MR) is 72.3 cm³/mol. The van der Waals surface area contributed by atoms with Gasteiger partial charge < -0.3 is 10.6 Å². The molecule has 0 aromatic heterocycles. The molecule has 0 amide bonds. The van der Waals surface area contributed by atoms with Crippen LogP contribution >= 0.6 is 0 Å². The smallest absolute Gasteiger partial charge is 0.0402 e. The normalized spacial score (nSPS) is 25.5. The fourth-order valence-electron chi connectivity index (χ4n) is 3.19. The summed E-state index contributed by atoms with van der Waals surface area (Å²) in [7, 11) is 0. The first-order valence-corrected chi connectivity index (χ1v) is 6.81. The van der Waals surface area contributed by atoms with Crippen molar-refractivity contribution in [1.29, 1.82) is 0 Å². The monoisotopic (exact) mass is 230 g/mol. The Hall–Kier alpha value is -1.02. The van der Waals surface area contributed by atoms with Crippen molar-refractivity contribution in [2.75, 3.05) is 11.4 Å². The molecule has 2 aliphatic rings. The van der Waals surface area contributed by atoms with E-state index in [1.165, 1.54) is 36.9 Å². The first-order valence-electron chi connectivity index (χ1n) is 6.81. The van der Waals surface area contributed by atoms with Crippen LogP contribution < -0.4 is 10.6 Å². The fraction of sp³-hybridized carbons (Fsp3) is 0.600. The minimum atomic E-state index is 0.150. The Kier molecular flexibility index (Phi) is 2.62. The van der Waals surface area contributed by atoms with Crippen molar-refractivity contribution in [2.45, 2.75) is 50.6 Å². The van der Waals surface area contributed by atoms with Crippen molar-refractivity contribution in [3.8, 4) is 0 Å². The molecule has 0 radical (unpaired) electrons. The molecule has 1 unspecified atom stereocenters. The van der Waals surface area contributed by atoms with Gasteiger partial charge in [-0.1, -0.05) is 18.2 Å². The van der Waals surface area contributed by atoms with Crippen molar-refractivity contribution in [3.05, 3.63) is 29.8 Å². The molecule has 0 saturated heterocycles. The molecule has 0 spiro atoms. The minimum Gasteiger partial charge on any atom is -0.368 e. The van der Waals surface area contributed by atoms with E-state index in [0.717, 1.165) is 13.0 Å². The predicted octanol–water partition coefficient (Wildman–Crippen LogP) is 2.71. The van der Waals surface area contributed by atoms with Crippen LogP contribution in [0.4, 0.5) is 5.69 Å². The molecule has 1 aromatic rings. The molecule has 0 bridgehead atoms. The van der Waals surface area contributed by atoms with E-state index in [4.69, 9.17) is 5.73 Å². The molecular formula is C15H22N2. The van der Waals surface area contributed by atoms with E-state index >= 15 is 0 Å². The van der Waals surface area contributed by atoms with Gasteiger partial charge in [-0.25, -0.2) is 0 Å². The number of nitrogens with zero attached hydrogens (tertiary/aromatic N) is 1. The molecule has 3 rings (SSSR count). The third-order valence-corrected chi connectivity index (χ3v) is 4.55. The number of fused-ring (bicyclic) bond motifs is 1. The second-order valence-electron chi connectivity index (χ2n) is 5.84. The molecular weight excluding hydrogens is 208 g/mol. The van der Waals surface area contributed by atoms with Crippen LogP contribution in [0, 0.1) is 0 Å². The molecule has 2 nitrogen and oxygen atoms in total. The van der Waals surface area contributed by atoms with E-state index in [9.17, 15) is 0 Å². The van der Waals surface area contributed by atoms with Crippen molar-refractivity contribution >= 4 is 5.69 Å². The lowest BCUT2D eigenvalue weighted by atomic mass is 9.75. The van der Waals surface area contributed by atoms with Gasteiger partial charge in [-0.3, -0.25) is 0 Å². The van der Waals surface area contributed by atoms with Gasteiger partial charge in [0.1, 0.15) is 0 Å². The number of benzene rings is 1. The van der Waals surface area contributed by atoms with Gasteiger partial charge in [0, 0.05) is 23.8 Å². The average molecular weight is 230 g/mol. The lowest BCUT2D eigenvalue weighted by molar-refractivity contribution is 0.233. The van der Waals surface area contributed by atoms with Crippen molar-refractivity contribution in [1.82, 2.24) is 0 Å². The summed E-state index contributed by atoms with van der Waals surface area (Å²) in [5.74, 6) is 0. The highest BCUT2D eigenvalue weighted by Gasteiger charge is 2.34. The summed E-state index contributed by atoms with van der Waals surface area (Å²) in [6.07, 6.45) is 6.09. The van der Waals surface area contributed by atoms with Gasteiger partial charge in [-0.15, -0.1) is 0 Å². The van der Waals surface area contributed by atoms with Crippen LogP contribution in [0.3, 0.4) is 0 Å². The summed E-state index contributed by atoms with van der Waals surface area (Å²) in [4.78, 5) is 2.54. The maximum atomic E-state index is 6.32. The maximum Gasteiger partial charge on any atom is 0.0402 e.